The molecule has 0 fully saturated rings. The Kier molecular flexibility index (Phi) is 3.43. The van der Waals surface area contributed by atoms with Crippen molar-refractivity contribution in [1.29, 1.82) is 0 Å². The van der Waals surface area contributed by atoms with Gasteiger partial charge in [0.25, 0.3) is 0 Å². The maximum atomic E-state index is 6.26. The molecule has 1 aromatic heterocycles. The van der Waals surface area contributed by atoms with E-state index in [0.29, 0.717) is 0 Å². The van der Waals surface area contributed by atoms with Crippen molar-refractivity contribution in [1.82, 2.24) is 4.57 Å². The van der Waals surface area contributed by atoms with Gasteiger partial charge in [0, 0.05) is 24.0 Å². The van der Waals surface area contributed by atoms with Gasteiger partial charge in [-0.15, -0.1) is 0 Å². The van der Waals surface area contributed by atoms with Crippen LogP contribution in [0.3, 0.4) is 0 Å². The quantitative estimate of drug-likeness (QED) is 0.893. The fourth-order valence-corrected chi connectivity index (χ4v) is 3.17. The summed E-state index contributed by atoms with van der Waals surface area (Å²) in [7, 11) is 0. The van der Waals surface area contributed by atoms with Gasteiger partial charge in [-0.05, 0) is 42.9 Å². The average molecular weight is 254 g/mol. The lowest BCUT2D eigenvalue weighted by molar-refractivity contribution is 0.545. The van der Waals surface area contributed by atoms with Crippen molar-refractivity contribution >= 4 is 0 Å². The molecule has 2 aromatic rings. The number of benzene rings is 1. The molecule has 0 aliphatic heterocycles. The predicted molar refractivity (Wildman–Crippen MR) is 79.2 cm³/mol. The number of hydrogen-bond donors (Lipinski definition) is 1. The minimum atomic E-state index is 0.242. The largest absolute Gasteiger partial charge is 0.344 e. The molecular formula is C17H22N2. The summed E-state index contributed by atoms with van der Waals surface area (Å²) in [5.74, 6) is 0. The predicted octanol–water partition coefficient (Wildman–Crippen LogP) is 3.43. The van der Waals surface area contributed by atoms with Gasteiger partial charge in [-0.25, -0.2) is 0 Å². The zero-order valence-corrected chi connectivity index (χ0v) is 11.6. The molecule has 0 saturated heterocycles. The lowest BCUT2D eigenvalue weighted by Gasteiger charge is -2.21. The molecular weight excluding hydrogens is 232 g/mol. The fourth-order valence-electron chi connectivity index (χ4n) is 3.17. The van der Waals surface area contributed by atoms with Gasteiger partial charge in [0.2, 0.25) is 0 Å². The lowest BCUT2D eigenvalue weighted by atomic mass is 9.93. The molecule has 0 radical (unpaired) electrons. The highest BCUT2D eigenvalue weighted by Crippen LogP contribution is 2.31. The van der Waals surface area contributed by atoms with E-state index in [1.165, 1.54) is 35.4 Å². The first-order chi connectivity index (χ1) is 9.29. The SMILES string of the molecule is CCc1cc2c(n1Cc1ccccc1)CCC[C@@H]2N. The van der Waals surface area contributed by atoms with Gasteiger partial charge in [0.15, 0.2) is 0 Å². The molecule has 2 N–H and O–H groups in total. The van der Waals surface area contributed by atoms with Gasteiger partial charge in [0.1, 0.15) is 0 Å². The molecule has 2 nitrogen and oxygen atoms in total. The summed E-state index contributed by atoms with van der Waals surface area (Å²) in [6.45, 7) is 3.21. The Balaban J connectivity index is 2.00. The van der Waals surface area contributed by atoms with Crippen LogP contribution in [0.4, 0.5) is 0 Å². The molecule has 19 heavy (non-hydrogen) atoms. The highest BCUT2D eigenvalue weighted by molar-refractivity contribution is 5.34. The van der Waals surface area contributed by atoms with E-state index in [-0.39, 0.29) is 6.04 Å². The van der Waals surface area contributed by atoms with Crippen molar-refractivity contribution in [3.05, 3.63) is 58.9 Å². The fraction of sp³-hybridized carbons (Fsp3) is 0.412. The lowest BCUT2D eigenvalue weighted by Crippen LogP contribution is -2.18. The summed E-state index contributed by atoms with van der Waals surface area (Å²) in [6, 6.07) is 13.3. The molecule has 1 aromatic carbocycles. The van der Waals surface area contributed by atoms with Crippen LogP contribution in [0.2, 0.25) is 0 Å². The zero-order chi connectivity index (χ0) is 13.2. The third kappa shape index (κ3) is 2.33. The normalized spacial score (nSPS) is 18.3. The number of aryl methyl sites for hydroxylation is 1. The van der Waals surface area contributed by atoms with E-state index in [1.54, 1.807) is 0 Å². The number of nitrogens with two attached hydrogens (primary N) is 1. The Morgan fingerprint density at radius 2 is 2.05 bits per heavy atom. The first kappa shape index (κ1) is 12.5. The van der Waals surface area contributed by atoms with Crippen molar-refractivity contribution in [3.8, 4) is 0 Å². The van der Waals surface area contributed by atoms with E-state index in [0.717, 1.165) is 19.4 Å². The average Bonchev–Trinajstić information content (AvgIpc) is 2.80. The zero-order valence-electron chi connectivity index (χ0n) is 11.6. The molecule has 0 amide bonds. The van der Waals surface area contributed by atoms with E-state index in [9.17, 15) is 0 Å². The molecule has 100 valence electrons. The van der Waals surface area contributed by atoms with E-state index in [1.807, 2.05) is 0 Å². The highest BCUT2D eigenvalue weighted by Gasteiger charge is 2.22. The van der Waals surface area contributed by atoms with Gasteiger partial charge in [-0.1, -0.05) is 37.3 Å². The summed E-state index contributed by atoms with van der Waals surface area (Å²) in [5, 5.41) is 0. The number of rotatable bonds is 3. The summed E-state index contributed by atoms with van der Waals surface area (Å²) >= 11 is 0. The van der Waals surface area contributed by atoms with Crippen LogP contribution in [0.5, 0.6) is 0 Å². The third-order valence-electron chi connectivity index (χ3n) is 4.20. The van der Waals surface area contributed by atoms with Crippen molar-refractivity contribution in [2.24, 2.45) is 5.73 Å². The Labute approximate surface area is 115 Å². The van der Waals surface area contributed by atoms with Crippen LogP contribution in [0.1, 0.15) is 48.3 Å². The van der Waals surface area contributed by atoms with Crippen molar-refractivity contribution < 1.29 is 0 Å². The number of aromatic nitrogens is 1. The minimum Gasteiger partial charge on any atom is -0.344 e. The first-order valence-corrected chi connectivity index (χ1v) is 7.30. The van der Waals surface area contributed by atoms with E-state index in [2.05, 4.69) is 47.9 Å². The van der Waals surface area contributed by atoms with Gasteiger partial charge in [0.05, 0.1) is 0 Å². The van der Waals surface area contributed by atoms with Crippen molar-refractivity contribution in [2.45, 2.75) is 45.2 Å². The van der Waals surface area contributed by atoms with Crippen molar-refractivity contribution in [2.75, 3.05) is 0 Å². The Morgan fingerprint density at radius 3 is 2.79 bits per heavy atom. The summed E-state index contributed by atoms with van der Waals surface area (Å²) in [5.41, 5.74) is 11.9. The monoisotopic (exact) mass is 254 g/mol. The van der Waals surface area contributed by atoms with Crippen LogP contribution in [0.25, 0.3) is 0 Å². The number of hydrogen-bond acceptors (Lipinski definition) is 1. The van der Waals surface area contributed by atoms with Gasteiger partial charge in [-0.2, -0.15) is 0 Å². The van der Waals surface area contributed by atoms with Crippen LogP contribution < -0.4 is 5.73 Å². The number of nitrogens with zero attached hydrogens (tertiary/aromatic N) is 1. The second-order valence-corrected chi connectivity index (χ2v) is 5.46. The Morgan fingerprint density at radius 1 is 1.26 bits per heavy atom. The second-order valence-electron chi connectivity index (χ2n) is 5.46. The summed E-state index contributed by atoms with van der Waals surface area (Å²) < 4.78 is 2.49. The van der Waals surface area contributed by atoms with Crippen LogP contribution in [0.15, 0.2) is 36.4 Å². The van der Waals surface area contributed by atoms with E-state index in [4.69, 9.17) is 5.73 Å². The molecule has 0 saturated carbocycles. The molecule has 1 aliphatic rings. The molecule has 0 spiro atoms. The maximum absolute atomic E-state index is 6.26. The van der Waals surface area contributed by atoms with E-state index < -0.39 is 0 Å². The van der Waals surface area contributed by atoms with Crippen LogP contribution in [-0.2, 0) is 19.4 Å². The van der Waals surface area contributed by atoms with Crippen LogP contribution >= 0.6 is 0 Å². The first-order valence-electron chi connectivity index (χ1n) is 7.30. The van der Waals surface area contributed by atoms with Gasteiger partial charge >= 0.3 is 0 Å². The second kappa shape index (κ2) is 5.22. The van der Waals surface area contributed by atoms with Gasteiger partial charge in [-0.3, -0.25) is 0 Å². The molecule has 0 bridgehead atoms. The molecule has 0 unspecified atom stereocenters. The molecule has 1 aliphatic carbocycles. The molecule has 2 heteroatoms. The highest BCUT2D eigenvalue weighted by atomic mass is 15.0. The number of fused-ring (bicyclic) bond motifs is 1. The Hall–Kier alpha value is -1.54. The summed E-state index contributed by atoms with van der Waals surface area (Å²) in [4.78, 5) is 0. The van der Waals surface area contributed by atoms with Gasteiger partial charge < -0.3 is 10.3 Å². The third-order valence-corrected chi connectivity index (χ3v) is 4.20. The Bertz CT molecular complexity index is 554. The molecule has 3 rings (SSSR count). The summed E-state index contributed by atoms with van der Waals surface area (Å²) in [6.07, 6.45) is 4.60. The minimum absolute atomic E-state index is 0.242. The van der Waals surface area contributed by atoms with Crippen LogP contribution in [-0.4, -0.2) is 4.57 Å². The van der Waals surface area contributed by atoms with Crippen LogP contribution in [0, 0.1) is 0 Å². The smallest absolute Gasteiger partial charge is 0.0475 e. The molecule has 1 atom stereocenters. The topological polar surface area (TPSA) is 30.9 Å². The molecule has 1 heterocycles. The standard InChI is InChI=1S/C17H22N2/c1-2-14-11-15-16(18)9-6-10-17(15)19(14)12-13-7-4-3-5-8-13/h3-5,7-8,11,16H,2,6,9-10,12,18H2,1H3/t16-/m0/s1. The van der Waals surface area contributed by atoms with Crippen molar-refractivity contribution in [3.63, 3.8) is 0 Å². The van der Waals surface area contributed by atoms with E-state index >= 15 is 0 Å². The maximum Gasteiger partial charge on any atom is 0.0475 e.